The van der Waals surface area contributed by atoms with Gasteiger partial charge in [-0.05, 0) is 50.6 Å². The first-order valence-electron chi connectivity index (χ1n) is 11.0. The molecule has 1 fully saturated rings. The molecule has 0 amide bonds. The standard InChI is InChI=1S/C24H28N2O8/c1-4-13(27)10-5-6-14(28)16-11(10)7-9-8-12-18(26(2)3)20(30)17(23(25)33)22(32)24(12,34)21(31)15(9)19(16)29/h5-6,9,12,18,23,28-29,32-34H,4,7-8,25H2,1-3H3/t9-,12-,18-,23?,24-/m0/s1. The van der Waals surface area contributed by atoms with Gasteiger partial charge in [0.25, 0.3) is 0 Å². The third-order valence-electron chi connectivity index (χ3n) is 7.31. The third kappa shape index (κ3) is 3.06. The molecule has 182 valence electrons. The number of aliphatic hydroxyl groups is 4. The quantitative estimate of drug-likeness (QED) is 0.264. The van der Waals surface area contributed by atoms with E-state index in [0.29, 0.717) is 11.1 Å². The fourth-order valence-corrected chi connectivity index (χ4v) is 5.77. The van der Waals surface area contributed by atoms with Crippen LogP contribution in [0, 0.1) is 11.8 Å². The normalized spacial score (nSPS) is 29.7. The Labute approximate surface area is 195 Å². The van der Waals surface area contributed by atoms with Gasteiger partial charge < -0.3 is 31.3 Å². The fraction of sp³-hybridized carbons (Fsp3) is 0.458. The average molecular weight is 472 g/mol. The summed E-state index contributed by atoms with van der Waals surface area (Å²) in [4.78, 5) is 40.8. The maximum atomic E-state index is 13.7. The molecule has 0 heterocycles. The van der Waals surface area contributed by atoms with Crippen molar-refractivity contribution in [3.63, 3.8) is 0 Å². The molecule has 10 heteroatoms. The van der Waals surface area contributed by atoms with E-state index in [2.05, 4.69) is 0 Å². The van der Waals surface area contributed by atoms with Crippen molar-refractivity contribution in [2.45, 2.75) is 44.1 Å². The number of fused-ring (bicyclic) bond motifs is 3. The van der Waals surface area contributed by atoms with E-state index in [9.17, 15) is 39.9 Å². The number of hydrogen-bond donors (Lipinski definition) is 6. The predicted molar refractivity (Wildman–Crippen MR) is 120 cm³/mol. The Hall–Kier alpha value is -3.05. The smallest absolute Gasteiger partial charge is 0.202 e. The van der Waals surface area contributed by atoms with Gasteiger partial charge in [0.2, 0.25) is 5.78 Å². The number of phenolic OH excluding ortho intramolecular Hbond substituents is 1. The monoisotopic (exact) mass is 472 g/mol. The van der Waals surface area contributed by atoms with Crippen molar-refractivity contribution in [3.05, 3.63) is 45.7 Å². The number of Topliss-reactive ketones (excluding diaryl/α,β-unsaturated/α-hetero) is 3. The Morgan fingerprint density at radius 1 is 1.24 bits per heavy atom. The Morgan fingerprint density at radius 3 is 2.44 bits per heavy atom. The van der Waals surface area contributed by atoms with Crippen molar-refractivity contribution in [2.75, 3.05) is 14.1 Å². The Balaban J connectivity index is 1.98. The Morgan fingerprint density at radius 2 is 1.88 bits per heavy atom. The molecule has 0 spiro atoms. The molecule has 0 bridgehead atoms. The molecule has 1 saturated carbocycles. The highest BCUT2D eigenvalue weighted by molar-refractivity contribution is 6.14. The highest BCUT2D eigenvalue weighted by Crippen LogP contribution is 2.53. The van der Waals surface area contributed by atoms with Crippen molar-refractivity contribution in [1.82, 2.24) is 4.90 Å². The lowest BCUT2D eigenvalue weighted by molar-refractivity contribution is -0.154. The number of aromatic hydroxyl groups is 1. The lowest BCUT2D eigenvalue weighted by Gasteiger charge is -2.50. The van der Waals surface area contributed by atoms with Crippen molar-refractivity contribution in [1.29, 1.82) is 0 Å². The fourth-order valence-electron chi connectivity index (χ4n) is 5.77. The summed E-state index contributed by atoms with van der Waals surface area (Å²) in [6, 6.07) is 1.63. The molecule has 0 aromatic heterocycles. The number of rotatable bonds is 4. The van der Waals surface area contributed by atoms with Crippen LogP contribution in [0.2, 0.25) is 0 Å². The molecule has 1 unspecified atom stereocenters. The summed E-state index contributed by atoms with van der Waals surface area (Å²) in [7, 11) is 3.12. The SMILES string of the molecule is CCC(=O)c1ccc(O)c2c1C[C@H]1C[C@H]3[C@H](N(C)C)C(=O)C(C(N)O)=C(O)[C@@]3(O)C(=O)C1=C2O. The zero-order valence-corrected chi connectivity index (χ0v) is 19.1. The molecule has 0 radical (unpaired) electrons. The number of carbonyl (C=O) groups excluding carboxylic acids is 3. The van der Waals surface area contributed by atoms with E-state index in [4.69, 9.17) is 5.73 Å². The van der Waals surface area contributed by atoms with Gasteiger partial charge in [-0.2, -0.15) is 0 Å². The summed E-state index contributed by atoms with van der Waals surface area (Å²) in [6.45, 7) is 1.68. The highest BCUT2D eigenvalue weighted by atomic mass is 16.4. The number of hydrogen-bond acceptors (Lipinski definition) is 10. The molecule has 0 saturated heterocycles. The maximum Gasteiger partial charge on any atom is 0.202 e. The summed E-state index contributed by atoms with van der Waals surface area (Å²) in [5.74, 6) is -5.73. The maximum absolute atomic E-state index is 13.7. The van der Waals surface area contributed by atoms with Gasteiger partial charge in [0, 0.05) is 23.5 Å². The third-order valence-corrected chi connectivity index (χ3v) is 7.31. The number of nitrogens with zero attached hydrogens (tertiary/aromatic N) is 1. The number of nitrogens with two attached hydrogens (primary N) is 1. The van der Waals surface area contributed by atoms with Gasteiger partial charge in [-0.3, -0.25) is 19.3 Å². The van der Waals surface area contributed by atoms with Crippen LogP contribution in [0.25, 0.3) is 5.76 Å². The van der Waals surface area contributed by atoms with Crippen molar-refractivity contribution in [2.24, 2.45) is 17.6 Å². The van der Waals surface area contributed by atoms with Crippen molar-refractivity contribution < 1.29 is 39.9 Å². The van der Waals surface area contributed by atoms with Gasteiger partial charge in [0.1, 0.15) is 23.5 Å². The van der Waals surface area contributed by atoms with E-state index in [-0.39, 0.29) is 41.9 Å². The van der Waals surface area contributed by atoms with E-state index in [1.807, 2.05) is 0 Å². The first-order chi connectivity index (χ1) is 15.9. The molecule has 10 nitrogen and oxygen atoms in total. The number of benzene rings is 1. The summed E-state index contributed by atoms with van der Waals surface area (Å²) in [5, 5.41) is 53.9. The van der Waals surface area contributed by atoms with E-state index < -0.39 is 58.4 Å². The summed E-state index contributed by atoms with van der Waals surface area (Å²) < 4.78 is 0. The zero-order chi connectivity index (χ0) is 25.3. The van der Waals surface area contributed by atoms with Gasteiger partial charge in [-0.1, -0.05) is 6.92 Å². The number of carbonyl (C=O) groups is 3. The highest BCUT2D eigenvalue weighted by Gasteiger charge is 2.64. The molecule has 4 rings (SSSR count). The van der Waals surface area contributed by atoms with Crippen molar-refractivity contribution >= 4 is 23.1 Å². The van der Waals surface area contributed by atoms with Gasteiger partial charge in [0.15, 0.2) is 17.2 Å². The zero-order valence-electron chi connectivity index (χ0n) is 19.1. The number of likely N-dealkylation sites (N-methyl/N-ethyl adjacent to an activating group) is 1. The van der Waals surface area contributed by atoms with Crippen LogP contribution in [0.3, 0.4) is 0 Å². The largest absolute Gasteiger partial charge is 0.508 e. The first kappa shape index (κ1) is 24.1. The molecule has 1 aromatic carbocycles. The Bertz CT molecular complexity index is 1180. The van der Waals surface area contributed by atoms with Gasteiger partial charge in [-0.25, -0.2) is 0 Å². The summed E-state index contributed by atoms with van der Waals surface area (Å²) >= 11 is 0. The average Bonchev–Trinajstić information content (AvgIpc) is 2.75. The van der Waals surface area contributed by atoms with Crippen LogP contribution < -0.4 is 5.73 Å². The second-order valence-electron chi connectivity index (χ2n) is 9.34. The minimum Gasteiger partial charge on any atom is -0.508 e. The molecular formula is C24H28N2O8. The molecule has 34 heavy (non-hydrogen) atoms. The Kier molecular flexibility index (Phi) is 5.68. The van der Waals surface area contributed by atoms with Crippen LogP contribution in [-0.2, 0) is 16.0 Å². The molecule has 0 aliphatic heterocycles. The molecule has 7 N–H and O–H groups in total. The van der Waals surface area contributed by atoms with E-state index >= 15 is 0 Å². The second-order valence-corrected chi connectivity index (χ2v) is 9.34. The van der Waals surface area contributed by atoms with Crippen LogP contribution in [-0.4, -0.2) is 79.7 Å². The summed E-state index contributed by atoms with van der Waals surface area (Å²) in [5.41, 5.74) is 2.61. The van der Waals surface area contributed by atoms with Gasteiger partial charge in [0.05, 0.1) is 17.2 Å². The van der Waals surface area contributed by atoms with E-state index in [0.717, 1.165) is 0 Å². The molecule has 3 aliphatic carbocycles. The number of aliphatic hydroxyl groups excluding tert-OH is 3. The van der Waals surface area contributed by atoms with Crippen LogP contribution in [0.4, 0.5) is 0 Å². The topological polar surface area (TPSA) is 182 Å². The molecule has 5 atom stereocenters. The second kappa shape index (κ2) is 8.02. The minimum atomic E-state index is -2.62. The molecule has 3 aliphatic rings. The van der Waals surface area contributed by atoms with Crippen LogP contribution in [0.1, 0.15) is 41.3 Å². The number of ketones is 3. The van der Waals surface area contributed by atoms with E-state index in [1.165, 1.54) is 17.0 Å². The van der Waals surface area contributed by atoms with Crippen LogP contribution in [0.5, 0.6) is 5.75 Å². The minimum absolute atomic E-state index is 0.00305. The van der Waals surface area contributed by atoms with Gasteiger partial charge >= 0.3 is 0 Å². The summed E-state index contributed by atoms with van der Waals surface area (Å²) in [6.07, 6.45) is -1.64. The first-order valence-corrected chi connectivity index (χ1v) is 11.0. The van der Waals surface area contributed by atoms with E-state index in [1.54, 1.807) is 21.0 Å². The molecular weight excluding hydrogens is 444 g/mol. The van der Waals surface area contributed by atoms with Gasteiger partial charge in [-0.15, -0.1) is 0 Å². The molecule has 1 aromatic rings. The lowest BCUT2D eigenvalue weighted by Crippen LogP contribution is -2.66. The number of phenols is 1. The van der Waals surface area contributed by atoms with Crippen molar-refractivity contribution in [3.8, 4) is 5.75 Å². The predicted octanol–water partition coefficient (Wildman–Crippen LogP) is 0.348. The lowest BCUT2D eigenvalue weighted by atomic mass is 9.57. The van der Waals surface area contributed by atoms with Crippen LogP contribution in [0.15, 0.2) is 29.0 Å². The van der Waals surface area contributed by atoms with Crippen LogP contribution >= 0.6 is 0 Å².